The molecule has 2 N–H and O–H groups in total. The first kappa shape index (κ1) is 21.1. The molecule has 1 aromatic rings. The van der Waals surface area contributed by atoms with Gasteiger partial charge in [0.05, 0.1) is 0 Å². The predicted molar refractivity (Wildman–Crippen MR) is 108 cm³/mol. The maximum atomic E-state index is 6.41. The van der Waals surface area contributed by atoms with E-state index in [2.05, 4.69) is 29.5 Å². The lowest BCUT2D eigenvalue weighted by Crippen LogP contribution is -2.37. The average molecular weight is 372 g/mol. The molecule has 0 radical (unpaired) electrons. The van der Waals surface area contributed by atoms with Gasteiger partial charge in [-0.3, -0.25) is 0 Å². The molecule has 2 unspecified atom stereocenters. The molecule has 0 bridgehead atoms. The molecule has 0 aliphatic rings. The molecule has 0 aliphatic carbocycles. The van der Waals surface area contributed by atoms with Crippen LogP contribution in [0.1, 0.15) is 65.2 Å². The zero-order valence-electron chi connectivity index (χ0n) is 14.9. The van der Waals surface area contributed by atoms with Gasteiger partial charge in [0, 0.05) is 5.69 Å². The molecule has 0 heterocycles. The topological polar surface area (TPSA) is 36.4 Å². The molecule has 0 aliphatic heterocycles. The zero-order chi connectivity index (χ0) is 17.6. The van der Waals surface area contributed by atoms with Gasteiger partial charge in [0.1, 0.15) is 11.0 Å². The van der Waals surface area contributed by atoms with Crippen LogP contribution in [0.2, 0.25) is 0 Å². The Labute approximate surface area is 157 Å². The van der Waals surface area contributed by atoms with Gasteiger partial charge in [-0.2, -0.15) is 0 Å². The average Bonchev–Trinajstić information content (AvgIpc) is 2.56. The zero-order valence-corrected chi connectivity index (χ0v) is 16.4. The van der Waals surface area contributed by atoms with Gasteiger partial charge in [0.15, 0.2) is 5.96 Å². The van der Waals surface area contributed by atoms with Crippen LogP contribution in [0.4, 0.5) is 5.69 Å². The Hall–Kier alpha value is -0.930. The van der Waals surface area contributed by atoms with E-state index < -0.39 is 0 Å². The van der Waals surface area contributed by atoms with Crippen molar-refractivity contribution in [2.24, 2.45) is 4.99 Å². The number of guanidine groups is 1. The molecule has 1 aromatic carbocycles. The summed E-state index contributed by atoms with van der Waals surface area (Å²) in [5.41, 5.74) is 0.583. The number of rotatable bonds is 11. The Morgan fingerprint density at radius 3 is 2.21 bits per heavy atom. The molecule has 0 saturated carbocycles. The number of hydrogen-bond donors (Lipinski definition) is 2. The van der Waals surface area contributed by atoms with Crippen LogP contribution in [-0.4, -0.2) is 17.0 Å². The van der Waals surface area contributed by atoms with Gasteiger partial charge < -0.3 is 10.6 Å². The minimum absolute atomic E-state index is 0.147. The first-order valence-corrected chi connectivity index (χ1v) is 9.97. The van der Waals surface area contributed by atoms with Crippen molar-refractivity contribution in [2.75, 3.05) is 5.32 Å². The van der Waals surface area contributed by atoms with Gasteiger partial charge in [-0.05, 0) is 25.0 Å². The maximum absolute atomic E-state index is 6.41. The fourth-order valence-corrected chi connectivity index (χ4v) is 2.83. The normalized spacial score (nSPS) is 14.2. The summed E-state index contributed by atoms with van der Waals surface area (Å²) in [5, 5.41) is 6.56. The number of halogens is 2. The van der Waals surface area contributed by atoms with E-state index >= 15 is 0 Å². The molecule has 24 heavy (non-hydrogen) atoms. The van der Waals surface area contributed by atoms with Crippen LogP contribution in [0.25, 0.3) is 0 Å². The third kappa shape index (κ3) is 10.0. The molecule has 0 spiro atoms. The van der Waals surface area contributed by atoms with Crippen molar-refractivity contribution in [1.82, 2.24) is 5.32 Å². The second kappa shape index (κ2) is 13.4. The Balaban J connectivity index is 2.63. The van der Waals surface area contributed by atoms with E-state index in [-0.39, 0.29) is 11.0 Å². The van der Waals surface area contributed by atoms with Crippen LogP contribution >= 0.6 is 23.2 Å². The highest BCUT2D eigenvalue weighted by Gasteiger charge is 2.10. The number of nitrogens with one attached hydrogen (secondary N) is 2. The highest BCUT2D eigenvalue weighted by Crippen LogP contribution is 2.13. The summed E-state index contributed by atoms with van der Waals surface area (Å²) < 4.78 is 0. The Bertz CT molecular complexity index is 451. The predicted octanol–water partition coefficient (Wildman–Crippen LogP) is 6.33. The number of benzene rings is 1. The van der Waals surface area contributed by atoms with Crippen molar-refractivity contribution in [3.8, 4) is 0 Å². The van der Waals surface area contributed by atoms with Crippen molar-refractivity contribution < 1.29 is 0 Å². The van der Waals surface area contributed by atoms with E-state index in [9.17, 15) is 0 Å². The number of para-hydroxylation sites is 1. The van der Waals surface area contributed by atoms with E-state index in [1.54, 1.807) is 0 Å². The second-order valence-electron chi connectivity index (χ2n) is 6.01. The fraction of sp³-hybridized carbons (Fsp3) is 0.632. The molecule has 5 heteroatoms. The summed E-state index contributed by atoms with van der Waals surface area (Å²) in [5.74, 6) is 0.647. The Kier molecular flexibility index (Phi) is 11.8. The monoisotopic (exact) mass is 371 g/mol. The van der Waals surface area contributed by atoms with Gasteiger partial charge in [-0.1, -0.05) is 93.8 Å². The first-order chi connectivity index (χ1) is 11.7. The third-order valence-corrected chi connectivity index (χ3v) is 4.35. The molecular weight excluding hydrogens is 341 g/mol. The number of anilines is 1. The van der Waals surface area contributed by atoms with Gasteiger partial charge in [-0.25, -0.2) is 4.99 Å². The minimum atomic E-state index is -0.241. The van der Waals surface area contributed by atoms with Gasteiger partial charge in [0.25, 0.3) is 0 Å². The van der Waals surface area contributed by atoms with Crippen LogP contribution in [-0.2, 0) is 0 Å². The molecule has 3 nitrogen and oxygen atoms in total. The molecule has 1 rings (SSSR count). The van der Waals surface area contributed by atoms with E-state index in [4.69, 9.17) is 23.2 Å². The van der Waals surface area contributed by atoms with Crippen LogP contribution in [0.3, 0.4) is 0 Å². The van der Waals surface area contributed by atoms with Crippen molar-refractivity contribution in [3.63, 3.8) is 0 Å². The maximum Gasteiger partial charge on any atom is 0.198 e. The summed E-state index contributed by atoms with van der Waals surface area (Å²) in [6.45, 7) is 4.37. The SMILES string of the molecule is CCCCCC(Cl)N=C(Nc1ccccc1)NC(Cl)CCCCC. The van der Waals surface area contributed by atoms with Gasteiger partial charge in [-0.15, -0.1) is 0 Å². The lowest BCUT2D eigenvalue weighted by molar-refractivity contribution is 0.618. The largest absolute Gasteiger partial charge is 0.340 e. The number of alkyl halides is 2. The number of nitrogens with zero attached hydrogens (tertiary/aromatic N) is 1. The first-order valence-electron chi connectivity index (χ1n) is 9.10. The minimum Gasteiger partial charge on any atom is -0.340 e. The van der Waals surface area contributed by atoms with E-state index in [0.29, 0.717) is 5.96 Å². The molecule has 0 saturated heterocycles. The highest BCUT2D eigenvalue weighted by molar-refractivity contribution is 6.22. The summed E-state index contributed by atoms with van der Waals surface area (Å²) in [4.78, 5) is 4.59. The van der Waals surface area contributed by atoms with Crippen LogP contribution < -0.4 is 10.6 Å². The molecule has 0 amide bonds. The lowest BCUT2D eigenvalue weighted by Gasteiger charge is -2.18. The van der Waals surface area contributed by atoms with Crippen molar-refractivity contribution >= 4 is 34.8 Å². The van der Waals surface area contributed by atoms with Crippen molar-refractivity contribution in [2.45, 2.75) is 76.2 Å². The van der Waals surface area contributed by atoms with Crippen LogP contribution in [0.5, 0.6) is 0 Å². The standard InChI is InChI=1S/C19H31Cl2N3/c1-3-5-8-14-17(20)23-19(22-16-12-10-7-11-13-16)24-18(21)15-9-6-4-2/h7,10-13,17-18H,3-6,8-9,14-15H2,1-2H3,(H2,22,23,24). The molecule has 136 valence electrons. The van der Waals surface area contributed by atoms with Crippen LogP contribution in [0, 0.1) is 0 Å². The highest BCUT2D eigenvalue weighted by atomic mass is 35.5. The van der Waals surface area contributed by atoms with Gasteiger partial charge >= 0.3 is 0 Å². The quantitative estimate of drug-likeness (QED) is 0.156. The smallest absolute Gasteiger partial charge is 0.198 e. The van der Waals surface area contributed by atoms with Crippen molar-refractivity contribution in [3.05, 3.63) is 30.3 Å². The molecular formula is C19H31Cl2N3. The number of hydrogen-bond acceptors (Lipinski definition) is 1. The summed E-state index contributed by atoms with van der Waals surface area (Å²) in [6.07, 6.45) is 8.73. The number of unbranched alkanes of at least 4 members (excludes halogenated alkanes) is 4. The van der Waals surface area contributed by atoms with Crippen LogP contribution in [0.15, 0.2) is 35.3 Å². The third-order valence-electron chi connectivity index (χ3n) is 3.71. The summed E-state index contributed by atoms with van der Waals surface area (Å²) in [6, 6.07) is 9.95. The Morgan fingerprint density at radius 1 is 0.958 bits per heavy atom. The summed E-state index contributed by atoms with van der Waals surface area (Å²) in [7, 11) is 0. The van der Waals surface area contributed by atoms with E-state index in [0.717, 1.165) is 31.4 Å². The molecule has 0 aromatic heterocycles. The summed E-state index contributed by atoms with van der Waals surface area (Å²) >= 11 is 12.8. The van der Waals surface area contributed by atoms with Crippen molar-refractivity contribution in [1.29, 1.82) is 0 Å². The molecule has 2 atom stereocenters. The van der Waals surface area contributed by atoms with Gasteiger partial charge in [0.2, 0.25) is 0 Å². The molecule has 0 fully saturated rings. The lowest BCUT2D eigenvalue weighted by atomic mass is 10.2. The number of aliphatic imine (C=N–C) groups is 1. The van der Waals surface area contributed by atoms with E-state index in [1.807, 2.05) is 30.3 Å². The Morgan fingerprint density at radius 2 is 1.58 bits per heavy atom. The second-order valence-corrected chi connectivity index (χ2v) is 7.04. The van der Waals surface area contributed by atoms with E-state index in [1.165, 1.54) is 25.7 Å². The fourth-order valence-electron chi connectivity index (χ4n) is 2.33.